The molecule has 5 nitrogen and oxygen atoms in total. The van der Waals surface area contributed by atoms with E-state index in [1.54, 1.807) is 0 Å². The molecule has 0 saturated carbocycles. The summed E-state index contributed by atoms with van der Waals surface area (Å²) in [5.41, 5.74) is 22.0. The molecule has 0 fully saturated rings. The molecule has 5 rings (SSSR count). The van der Waals surface area contributed by atoms with E-state index in [4.69, 9.17) is 11.5 Å². The summed E-state index contributed by atoms with van der Waals surface area (Å²) in [5.74, 6) is 0. The molecule has 1 aliphatic heterocycles. The van der Waals surface area contributed by atoms with E-state index in [1.165, 1.54) is 11.1 Å². The molecule has 0 bridgehead atoms. The Balaban J connectivity index is 1.36. The van der Waals surface area contributed by atoms with E-state index in [9.17, 15) is 0 Å². The van der Waals surface area contributed by atoms with E-state index in [1.807, 2.05) is 48.5 Å². The minimum Gasteiger partial charge on any atom is -0.399 e. The zero-order chi connectivity index (χ0) is 20.5. The molecule has 4 aromatic rings. The minimum absolute atomic E-state index is 0.757. The zero-order valence-corrected chi connectivity index (χ0v) is 16.4. The molecule has 5 heteroatoms. The van der Waals surface area contributed by atoms with E-state index < -0.39 is 0 Å². The van der Waals surface area contributed by atoms with Crippen LogP contribution in [0.3, 0.4) is 0 Å². The van der Waals surface area contributed by atoms with Gasteiger partial charge in [0.15, 0.2) is 0 Å². The highest BCUT2D eigenvalue weighted by atomic mass is 14.9. The second kappa shape index (κ2) is 7.37. The van der Waals surface area contributed by atoms with Crippen LogP contribution < -0.4 is 27.4 Å². The summed E-state index contributed by atoms with van der Waals surface area (Å²) in [6.45, 7) is 0. The molecule has 0 radical (unpaired) electrons. The molecule has 0 saturated heterocycles. The lowest BCUT2D eigenvalue weighted by molar-refractivity contribution is 1.16. The highest BCUT2D eigenvalue weighted by Gasteiger charge is 2.16. The molecule has 30 heavy (non-hydrogen) atoms. The van der Waals surface area contributed by atoms with E-state index in [0.29, 0.717) is 0 Å². The predicted octanol–water partition coefficient (Wildman–Crippen LogP) is 5.99. The van der Waals surface area contributed by atoms with Crippen LogP contribution in [0.25, 0.3) is 0 Å². The van der Waals surface area contributed by atoms with E-state index in [2.05, 4.69) is 52.3 Å². The van der Waals surface area contributed by atoms with Crippen molar-refractivity contribution in [3.63, 3.8) is 0 Å². The number of hydrogen-bond acceptors (Lipinski definition) is 5. The predicted molar refractivity (Wildman–Crippen MR) is 127 cm³/mol. The molecule has 0 aromatic heterocycles. The van der Waals surface area contributed by atoms with Crippen LogP contribution in [0.4, 0.5) is 45.5 Å². The molecule has 7 N–H and O–H groups in total. The van der Waals surface area contributed by atoms with Gasteiger partial charge < -0.3 is 27.4 Å². The first kappa shape index (κ1) is 17.9. The van der Waals surface area contributed by atoms with Crippen molar-refractivity contribution in [1.82, 2.24) is 0 Å². The molecule has 0 aliphatic carbocycles. The Morgan fingerprint density at radius 1 is 0.533 bits per heavy atom. The lowest BCUT2D eigenvalue weighted by Gasteiger charge is -2.23. The van der Waals surface area contributed by atoms with Gasteiger partial charge in [0.2, 0.25) is 0 Å². The fraction of sp³-hybridized carbons (Fsp3) is 0.0400. The first-order valence-corrected chi connectivity index (χ1v) is 9.90. The van der Waals surface area contributed by atoms with Gasteiger partial charge in [0.25, 0.3) is 0 Å². The maximum Gasteiger partial charge on any atom is 0.0441 e. The lowest BCUT2D eigenvalue weighted by atomic mass is 9.96. The van der Waals surface area contributed by atoms with Crippen molar-refractivity contribution in [3.8, 4) is 0 Å². The van der Waals surface area contributed by atoms with Gasteiger partial charge in [-0.25, -0.2) is 0 Å². The Kier molecular flexibility index (Phi) is 4.41. The van der Waals surface area contributed by atoms with E-state index in [0.717, 1.165) is 51.9 Å². The summed E-state index contributed by atoms with van der Waals surface area (Å²) < 4.78 is 0. The van der Waals surface area contributed by atoms with Crippen molar-refractivity contribution < 1.29 is 0 Å². The Labute approximate surface area is 175 Å². The van der Waals surface area contributed by atoms with Gasteiger partial charge in [-0.15, -0.1) is 0 Å². The van der Waals surface area contributed by atoms with Crippen molar-refractivity contribution >= 4 is 45.5 Å². The molecule has 0 spiro atoms. The van der Waals surface area contributed by atoms with Crippen LogP contribution in [0.5, 0.6) is 0 Å². The van der Waals surface area contributed by atoms with Crippen LogP contribution in [0, 0.1) is 0 Å². The van der Waals surface area contributed by atoms with Crippen molar-refractivity contribution in [2.24, 2.45) is 0 Å². The van der Waals surface area contributed by atoms with Gasteiger partial charge in [-0.1, -0.05) is 12.1 Å². The number of benzene rings is 4. The topological polar surface area (TPSA) is 88.1 Å². The molecular formula is C25H23N5. The summed E-state index contributed by atoms with van der Waals surface area (Å²) in [7, 11) is 0. The maximum atomic E-state index is 5.78. The normalized spacial score (nSPS) is 11.7. The third kappa shape index (κ3) is 3.73. The Morgan fingerprint density at radius 3 is 1.37 bits per heavy atom. The smallest absolute Gasteiger partial charge is 0.0441 e. The molecular weight excluding hydrogens is 370 g/mol. The summed E-state index contributed by atoms with van der Waals surface area (Å²) in [5, 5.41) is 10.5. The standard InChI is InChI=1S/C25H23N5/c26-18-3-9-20(10-4-18)28-22-7-1-16-13-17-2-8-23(15-25(17)30-24(16)14-22)29-21-11-5-19(27)6-12-21/h1-12,14-15,28-30H,13,26-27H2. The Hall–Kier alpha value is -4.12. The maximum absolute atomic E-state index is 5.78. The SMILES string of the molecule is Nc1ccc(Nc2ccc3c(c2)Nc2cc(Nc4ccc(N)cc4)ccc2C3)cc1. The molecule has 0 amide bonds. The highest BCUT2D eigenvalue weighted by Crippen LogP contribution is 2.37. The number of rotatable bonds is 4. The third-order valence-electron chi connectivity index (χ3n) is 5.27. The number of fused-ring (bicyclic) bond motifs is 2. The molecule has 4 aromatic carbocycles. The summed E-state index contributed by atoms with van der Waals surface area (Å²) in [6.07, 6.45) is 0.905. The van der Waals surface area contributed by atoms with Crippen molar-refractivity contribution in [2.75, 3.05) is 27.4 Å². The quantitative estimate of drug-likeness (QED) is 0.242. The molecule has 148 valence electrons. The van der Waals surface area contributed by atoms with Crippen LogP contribution in [-0.4, -0.2) is 0 Å². The second-order valence-electron chi connectivity index (χ2n) is 7.54. The van der Waals surface area contributed by atoms with Gasteiger partial charge in [0.1, 0.15) is 0 Å². The zero-order valence-electron chi connectivity index (χ0n) is 16.4. The summed E-state index contributed by atoms with van der Waals surface area (Å²) >= 11 is 0. The number of nitrogen functional groups attached to an aromatic ring is 2. The minimum atomic E-state index is 0.757. The lowest BCUT2D eigenvalue weighted by Crippen LogP contribution is -2.07. The first-order chi connectivity index (χ1) is 14.6. The van der Waals surface area contributed by atoms with Crippen LogP contribution >= 0.6 is 0 Å². The van der Waals surface area contributed by atoms with E-state index in [-0.39, 0.29) is 0 Å². The van der Waals surface area contributed by atoms with E-state index >= 15 is 0 Å². The van der Waals surface area contributed by atoms with Crippen LogP contribution in [0.1, 0.15) is 11.1 Å². The monoisotopic (exact) mass is 393 g/mol. The number of nitrogens with one attached hydrogen (secondary N) is 3. The molecule has 0 unspecified atom stereocenters. The summed E-state index contributed by atoms with van der Waals surface area (Å²) in [4.78, 5) is 0. The van der Waals surface area contributed by atoms with Crippen molar-refractivity contribution in [2.45, 2.75) is 6.42 Å². The molecule has 0 atom stereocenters. The highest BCUT2D eigenvalue weighted by molar-refractivity contribution is 5.79. The Morgan fingerprint density at radius 2 is 0.933 bits per heavy atom. The van der Waals surface area contributed by atoms with Gasteiger partial charge in [0.05, 0.1) is 0 Å². The van der Waals surface area contributed by atoms with Crippen molar-refractivity contribution in [3.05, 3.63) is 96.1 Å². The number of hydrogen-bond donors (Lipinski definition) is 5. The van der Waals surface area contributed by atoms with Gasteiger partial charge >= 0.3 is 0 Å². The average Bonchev–Trinajstić information content (AvgIpc) is 2.75. The Bertz CT molecular complexity index is 1100. The largest absolute Gasteiger partial charge is 0.399 e. The van der Waals surface area contributed by atoms with Crippen LogP contribution in [0.15, 0.2) is 84.9 Å². The fourth-order valence-electron chi connectivity index (χ4n) is 3.67. The fourth-order valence-corrected chi connectivity index (χ4v) is 3.67. The number of nitrogens with two attached hydrogens (primary N) is 2. The summed E-state index contributed by atoms with van der Waals surface area (Å²) in [6, 6.07) is 28.3. The van der Waals surface area contributed by atoms with Crippen molar-refractivity contribution in [1.29, 1.82) is 0 Å². The second-order valence-corrected chi connectivity index (χ2v) is 7.54. The first-order valence-electron chi connectivity index (χ1n) is 9.90. The van der Waals surface area contributed by atoms with Gasteiger partial charge in [-0.05, 0) is 83.9 Å². The van der Waals surface area contributed by atoms with Crippen LogP contribution in [0.2, 0.25) is 0 Å². The number of anilines is 8. The van der Waals surface area contributed by atoms with Gasteiger partial charge in [0, 0.05) is 51.9 Å². The average molecular weight is 393 g/mol. The van der Waals surface area contributed by atoms with Crippen LogP contribution in [-0.2, 0) is 6.42 Å². The van der Waals surface area contributed by atoms with Gasteiger partial charge in [-0.3, -0.25) is 0 Å². The molecule has 1 heterocycles. The third-order valence-corrected chi connectivity index (χ3v) is 5.27. The molecule has 1 aliphatic rings. The van der Waals surface area contributed by atoms with Gasteiger partial charge in [-0.2, -0.15) is 0 Å².